The fourth-order valence-corrected chi connectivity index (χ4v) is 4.11. The lowest BCUT2D eigenvalue weighted by Gasteiger charge is -2.32. The van der Waals surface area contributed by atoms with E-state index in [0.29, 0.717) is 17.9 Å². The number of hydrogen-bond donors (Lipinski definition) is 0. The van der Waals surface area contributed by atoms with Gasteiger partial charge >= 0.3 is 6.18 Å². The molecule has 166 valence electrons. The van der Waals surface area contributed by atoms with Crippen LogP contribution in [0.1, 0.15) is 35.8 Å². The molecule has 0 radical (unpaired) electrons. The lowest BCUT2D eigenvalue weighted by atomic mass is 9.92. The third-order valence-electron chi connectivity index (χ3n) is 5.68. The van der Waals surface area contributed by atoms with Crippen molar-refractivity contribution in [3.63, 3.8) is 0 Å². The van der Waals surface area contributed by atoms with Crippen LogP contribution in [0, 0.1) is 0 Å². The molecule has 31 heavy (non-hydrogen) atoms. The van der Waals surface area contributed by atoms with Crippen LogP contribution in [0.15, 0.2) is 30.6 Å². The Morgan fingerprint density at radius 3 is 2.65 bits per heavy atom. The number of piperidine rings is 1. The maximum absolute atomic E-state index is 13.1. The number of imidazole rings is 1. The first-order chi connectivity index (χ1) is 14.9. The number of nitrogens with zero attached hydrogens (tertiary/aromatic N) is 5. The normalized spacial score (nSPS) is 16.2. The van der Waals surface area contributed by atoms with Crippen molar-refractivity contribution < 1.29 is 22.3 Å². The van der Waals surface area contributed by atoms with Crippen molar-refractivity contribution >= 4 is 11.2 Å². The Balaban J connectivity index is 1.46. The summed E-state index contributed by atoms with van der Waals surface area (Å²) in [6, 6.07) is 4.70. The molecule has 0 aromatic carbocycles. The number of pyridine rings is 2. The fraction of sp³-hybridized carbons (Fsp3) is 0.476. The number of alkyl halides is 4. The van der Waals surface area contributed by atoms with E-state index >= 15 is 0 Å². The summed E-state index contributed by atoms with van der Waals surface area (Å²) in [4.78, 5) is 15.1. The van der Waals surface area contributed by atoms with Gasteiger partial charge in [0.15, 0.2) is 5.65 Å². The van der Waals surface area contributed by atoms with Crippen LogP contribution in [0.4, 0.5) is 17.6 Å². The third kappa shape index (κ3) is 4.48. The molecule has 3 aromatic rings. The standard InChI is InChI=1S/C21H23F4N5O/c1-31-17-11-15(21(23,24)25)12-27-19(17)14-4-8-29(9-5-14)13-18-28-20-16(3-2-7-26-20)30(18)10-6-22/h2-3,7,11-12,14H,4-6,8-10,13H2,1H3/i22-1. The average molecular weight is 436 g/mol. The lowest BCUT2D eigenvalue weighted by molar-refractivity contribution is -0.138. The number of hydrogen-bond acceptors (Lipinski definition) is 5. The Labute approximate surface area is 176 Å². The molecule has 0 N–H and O–H groups in total. The molecule has 0 aliphatic carbocycles. The largest absolute Gasteiger partial charge is 0.495 e. The molecule has 0 bridgehead atoms. The molecule has 1 aliphatic heterocycles. The topological polar surface area (TPSA) is 56.1 Å². The summed E-state index contributed by atoms with van der Waals surface area (Å²) >= 11 is 0. The number of aromatic nitrogens is 4. The number of rotatable bonds is 6. The summed E-state index contributed by atoms with van der Waals surface area (Å²) in [6.45, 7) is 1.74. The van der Waals surface area contributed by atoms with Crippen molar-refractivity contribution in [1.29, 1.82) is 0 Å². The van der Waals surface area contributed by atoms with Gasteiger partial charge in [0.05, 0.1) is 37.0 Å². The highest BCUT2D eigenvalue weighted by Gasteiger charge is 2.33. The maximum Gasteiger partial charge on any atom is 0.418 e. The van der Waals surface area contributed by atoms with E-state index in [1.807, 2.05) is 10.6 Å². The van der Waals surface area contributed by atoms with Gasteiger partial charge < -0.3 is 9.30 Å². The molecule has 1 fully saturated rings. The highest BCUT2D eigenvalue weighted by molar-refractivity contribution is 5.71. The minimum absolute atomic E-state index is 0.0137. The van der Waals surface area contributed by atoms with Crippen LogP contribution in [0.5, 0.6) is 5.75 Å². The minimum Gasteiger partial charge on any atom is -0.495 e. The summed E-state index contributed by atoms with van der Waals surface area (Å²) in [5.41, 5.74) is 1.15. The van der Waals surface area contributed by atoms with Crippen molar-refractivity contribution in [3.8, 4) is 5.75 Å². The predicted octanol–water partition coefficient (Wildman–Crippen LogP) is 4.20. The van der Waals surface area contributed by atoms with E-state index in [4.69, 9.17) is 4.74 Å². The fourth-order valence-electron chi connectivity index (χ4n) is 4.11. The van der Waals surface area contributed by atoms with E-state index < -0.39 is 18.4 Å². The zero-order valence-electron chi connectivity index (χ0n) is 17.1. The molecule has 4 rings (SSSR count). The molecule has 1 aliphatic rings. The first-order valence-electron chi connectivity index (χ1n) is 10.1. The van der Waals surface area contributed by atoms with Gasteiger partial charge in [0.2, 0.25) is 0 Å². The Bertz CT molecular complexity index is 1040. The molecule has 0 atom stereocenters. The number of fused-ring (bicyclic) bond motifs is 1. The van der Waals surface area contributed by atoms with E-state index in [1.165, 1.54) is 7.11 Å². The van der Waals surface area contributed by atoms with Gasteiger partial charge in [-0.15, -0.1) is 0 Å². The van der Waals surface area contributed by atoms with Gasteiger partial charge in [-0.05, 0) is 44.1 Å². The number of aryl methyl sites for hydroxylation is 1. The molecule has 0 amide bonds. The van der Waals surface area contributed by atoms with Crippen molar-refractivity contribution in [2.24, 2.45) is 0 Å². The predicted molar refractivity (Wildman–Crippen MR) is 107 cm³/mol. The third-order valence-corrected chi connectivity index (χ3v) is 5.68. The number of ether oxygens (including phenoxy) is 1. The van der Waals surface area contributed by atoms with Crippen molar-refractivity contribution in [2.45, 2.75) is 38.0 Å². The second-order valence-corrected chi connectivity index (χ2v) is 7.57. The molecule has 0 saturated carbocycles. The first-order valence-corrected chi connectivity index (χ1v) is 10.1. The second-order valence-electron chi connectivity index (χ2n) is 7.57. The zero-order chi connectivity index (χ0) is 22.0. The lowest BCUT2D eigenvalue weighted by Crippen LogP contribution is -2.33. The zero-order valence-corrected chi connectivity index (χ0v) is 17.1. The van der Waals surface area contributed by atoms with Crippen LogP contribution in [0.25, 0.3) is 11.2 Å². The Morgan fingerprint density at radius 1 is 1.19 bits per heavy atom. The highest BCUT2D eigenvalue weighted by Crippen LogP contribution is 2.37. The van der Waals surface area contributed by atoms with Crippen LogP contribution in [0.2, 0.25) is 0 Å². The summed E-state index contributed by atoms with van der Waals surface area (Å²) in [7, 11) is 1.36. The molecular formula is C21H23F4N5O. The van der Waals surface area contributed by atoms with Crippen LogP contribution < -0.4 is 4.74 Å². The molecule has 10 heteroatoms. The van der Waals surface area contributed by atoms with Crippen LogP contribution in [-0.4, -0.2) is 51.3 Å². The monoisotopic (exact) mass is 436 g/mol. The molecule has 6 nitrogen and oxygen atoms in total. The SMILES string of the molecule is COc1cc(C(F)(F)F)cnc1C1CCN(Cc2nc3ncccc3n2CC[18F])CC1. The van der Waals surface area contributed by atoms with Gasteiger partial charge in [-0.1, -0.05) is 0 Å². The van der Waals surface area contributed by atoms with Crippen LogP contribution >= 0.6 is 0 Å². The number of methoxy groups -OCH3 is 1. The molecule has 1 saturated heterocycles. The molecule has 4 heterocycles. The van der Waals surface area contributed by atoms with Crippen LogP contribution in [-0.2, 0) is 19.3 Å². The van der Waals surface area contributed by atoms with E-state index in [-0.39, 0.29) is 18.2 Å². The van der Waals surface area contributed by atoms with Gasteiger partial charge in [0, 0.05) is 18.3 Å². The molecular weight excluding hydrogens is 413 g/mol. The van der Waals surface area contributed by atoms with Gasteiger partial charge in [0.1, 0.15) is 18.2 Å². The highest BCUT2D eigenvalue weighted by atomic mass is 19.4. The van der Waals surface area contributed by atoms with Crippen LogP contribution in [0.3, 0.4) is 0 Å². The Hall–Kier alpha value is -2.75. The quantitative estimate of drug-likeness (QED) is 0.542. The van der Waals surface area contributed by atoms with E-state index in [2.05, 4.69) is 19.9 Å². The summed E-state index contributed by atoms with van der Waals surface area (Å²) < 4.78 is 59.0. The minimum atomic E-state index is -4.46. The Morgan fingerprint density at radius 2 is 1.97 bits per heavy atom. The number of likely N-dealkylation sites (tertiary alicyclic amines) is 1. The molecule has 0 unspecified atom stereocenters. The summed E-state index contributed by atoms with van der Waals surface area (Å²) in [6.07, 6.45) is -0.458. The van der Waals surface area contributed by atoms with Gasteiger partial charge in [-0.2, -0.15) is 13.2 Å². The van der Waals surface area contributed by atoms with Gasteiger partial charge in [-0.25, -0.2) is 14.4 Å². The van der Waals surface area contributed by atoms with Gasteiger partial charge in [-0.3, -0.25) is 9.88 Å². The molecule has 0 spiro atoms. The average Bonchev–Trinajstić information content (AvgIpc) is 3.10. The van der Waals surface area contributed by atoms with E-state index in [0.717, 1.165) is 49.5 Å². The van der Waals surface area contributed by atoms with E-state index in [9.17, 15) is 17.6 Å². The smallest absolute Gasteiger partial charge is 0.418 e. The number of halogens is 4. The van der Waals surface area contributed by atoms with E-state index in [1.54, 1.807) is 12.3 Å². The van der Waals surface area contributed by atoms with Crippen molar-refractivity contribution in [1.82, 2.24) is 24.4 Å². The summed E-state index contributed by atoms with van der Waals surface area (Å²) in [5.74, 6) is 0.943. The summed E-state index contributed by atoms with van der Waals surface area (Å²) in [5, 5.41) is 0. The second kappa shape index (κ2) is 8.78. The maximum atomic E-state index is 13.1. The molecule has 3 aromatic heterocycles. The Kier molecular flexibility index (Phi) is 6.08. The van der Waals surface area contributed by atoms with Crippen molar-refractivity contribution in [3.05, 3.63) is 47.7 Å². The van der Waals surface area contributed by atoms with Crippen molar-refractivity contribution in [2.75, 3.05) is 26.9 Å². The van der Waals surface area contributed by atoms with Gasteiger partial charge in [0.25, 0.3) is 0 Å². The first kappa shape index (κ1) is 21.5.